The summed E-state index contributed by atoms with van der Waals surface area (Å²) >= 11 is 1.66. The Hall–Kier alpha value is -1.19. The lowest BCUT2D eigenvalue weighted by atomic mass is 10.0. The first kappa shape index (κ1) is 13.2. The topological polar surface area (TPSA) is 38.9 Å². The molecule has 0 saturated heterocycles. The van der Waals surface area contributed by atoms with Crippen LogP contribution in [0.25, 0.3) is 11.3 Å². The van der Waals surface area contributed by atoms with E-state index in [0.29, 0.717) is 5.92 Å². The van der Waals surface area contributed by atoms with Crippen LogP contribution >= 0.6 is 11.3 Å². The van der Waals surface area contributed by atoms with Gasteiger partial charge in [0.15, 0.2) is 0 Å². The minimum Gasteiger partial charge on any atom is -0.322 e. The van der Waals surface area contributed by atoms with Gasteiger partial charge in [0, 0.05) is 10.9 Å². The van der Waals surface area contributed by atoms with Crippen LogP contribution in [-0.4, -0.2) is 4.98 Å². The number of rotatable bonds is 3. The third-order valence-corrected chi connectivity index (χ3v) is 4.13. The summed E-state index contributed by atoms with van der Waals surface area (Å²) in [6.45, 7) is 8.49. The van der Waals surface area contributed by atoms with Crippen LogP contribution in [-0.2, 0) is 0 Å². The molecular weight excluding hydrogens is 240 g/mol. The molecule has 96 valence electrons. The summed E-state index contributed by atoms with van der Waals surface area (Å²) in [6.07, 6.45) is 0. The van der Waals surface area contributed by atoms with Crippen molar-refractivity contribution in [3.05, 3.63) is 39.7 Å². The second-order valence-electron chi connectivity index (χ2n) is 5.16. The van der Waals surface area contributed by atoms with E-state index in [9.17, 15) is 0 Å². The normalized spacial score (nSPS) is 13.0. The van der Waals surface area contributed by atoms with Gasteiger partial charge < -0.3 is 5.73 Å². The van der Waals surface area contributed by atoms with Gasteiger partial charge in [0.1, 0.15) is 5.01 Å². The predicted molar refractivity (Wildman–Crippen MR) is 78.8 cm³/mol. The Bertz CT molecular complexity index is 543. The van der Waals surface area contributed by atoms with Gasteiger partial charge in [0.25, 0.3) is 0 Å². The molecule has 18 heavy (non-hydrogen) atoms. The van der Waals surface area contributed by atoms with Gasteiger partial charge in [0.05, 0.1) is 11.7 Å². The van der Waals surface area contributed by atoms with Crippen molar-refractivity contribution in [3.8, 4) is 11.3 Å². The number of thiazole rings is 1. The molecule has 0 radical (unpaired) electrons. The van der Waals surface area contributed by atoms with E-state index in [2.05, 4.69) is 56.3 Å². The summed E-state index contributed by atoms with van der Waals surface area (Å²) < 4.78 is 0. The van der Waals surface area contributed by atoms with Gasteiger partial charge in [-0.3, -0.25) is 0 Å². The molecule has 0 aliphatic rings. The van der Waals surface area contributed by atoms with Gasteiger partial charge in [-0.05, 0) is 25.3 Å². The minimum absolute atomic E-state index is 0.0366. The second-order valence-corrected chi connectivity index (χ2v) is 6.05. The number of hydrogen-bond donors (Lipinski definition) is 1. The number of hydrogen-bond acceptors (Lipinski definition) is 3. The Morgan fingerprint density at radius 3 is 2.56 bits per heavy atom. The van der Waals surface area contributed by atoms with Crippen LogP contribution in [0, 0.1) is 19.8 Å². The molecule has 0 amide bonds. The van der Waals surface area contributed by atoms with Gasteiger partial charge in [0.2, 0.25) is 0 Å². The Labute approximate surface area is 113 Å². The third-order valence-electron chi connectivity index (χ3n) is 3.18. The van der Waals surface area contributed by atoms with Crippen molar-refractivity contribution in [2.24, 2.45) is 11.7 Å². The van der Waals surface area contributed by atoms with E-state index in [1.165, 1.54) is 16.7 Å². The van der Waals surface area contributed by atoms with E-state index in [1.807, 2.05) is 0 Å². The van der Waals surface area contributed by atoms with E-state index < -0.39 is 0 Å². The first-order valence-corrected chi connectivity index (χ1v) is 7.15. The molecule has 0 aliphatic heterocycles. The maximum atomic E-state index is 6.14. The van der Waals surface area contributed by atoms with Crippen molar-refractivity contribution in [3.63, 3.8) is 0 Å². The SMILES string of the molecule is Cc1ccc(-c2csc(C(N)C(C)C)n2)c(C)c1. The highest BCUT2D eigenvalue weighted by molar-refractivity contribution is 7.10. The summed E-state index contributed by atoms with van der Waals surface area (Å²) in [7, 11) is 0. The van der Waals surface area contributed by atoms with E-state index in [1.54, 1.807) is 11.3 Å². The predicted octanol–water partition coefficient (Wildman–Crippen LogP) is 4.08. The molecule has 0 bridgehead atoms. The highest BCUT2D eigenvalue weighted by atomic mass is 32.1. The Morgan fingerprint density at radius 1 is 1.22 bits per heavy atom. The van der Waals surface area contributed by atoms with Crippen molar-refractivity contribution < 1.29 is 0 Å². The van der Waals surface area contributed by atoms with Gasteiger partial charge in [-0.25, -0.2) is 4.98 Å². The summed E-state index contributed by atoms with van der Waals surface area (Å²) in [4.78, 5) is 4.69. The first-order chi connectivity index (χ1) is 8.49. The zero-order valence-corrected chi connectivity index (χ0v) is 12.2. The fourth-order valence-corrected chi connectivity index (χ4v) is 2.94. The van der Waals surface area contributed by atoms with Crippen molar-refractivity contribution in [1.82, 2.24) is 4.98 Å². The number of nitrogens with two attached hydrogens (primary N) is 1. The van der Waals surface area contributed by atoms with Crippen LogP contribution in [0.5, 0.6) is 0 Å². The van der Waals surface area contributed by atoms with Crippen molar-refractivity contribution in [2.75, 3.05) is 0 Å². The van der Waals surface area contributed by atoms with Gasteiger partial charge in [-0.2, -0.15) is 0 Å². The van der Waals surface area contributed by atoms with Gasteiger partial charge in [-0.1, -0.05) is 37.6 Å². The smallest absolute Gasteiger partial charge is 0.110 e. The molecule has 2 N–H and O–H groups in total. The zero-order chi connectivity index (χ0) is 13.3. The van der Waals surface area contributed by atoms with E-state index in [0.717, 1.165) is 10.7 Å². The largest absolute Gasteiger partial charge is 0.322 e. The lowest BCUT2D eigenvalue weighted by Crippen LogP contribution is -2.16. The summed E-state index contributed by atoms with van der Waals surface area (Å²) in [6, 6.07) is 6.50. The number of nitrogens with zero attached hydrogens (tertiary/aromatic N) is 1. The standard InChI is InChI=1S/C15H20N2S/c1-9(2)14(16)15-17-13(8-18-15)12-6-5-10(3)7-11(12)4/h5-9,14H,16H2,1-4H3. The molecule has 2 nitrogen and oxygen atoms in total. The van der Waals surface area contributed by atoms with E-state index >= 15 is 0 Å². The number of aromatic nitrogens is 1. The Morgan fingerprint density at radius 2 is 1.94 bits per heavy atom. The molecule has 1 aromatic carbocycles. The van der Waals surface area contributed by atoms with Crippen LogP contribution in [0.3, 0.4) is 0 Å². The molecule has 2 aromatic rings. The summed E-state index contributed by atoms with van der Waals surface area (Å²) in [5.41, 5.74) is 10.9. The number of benzene rings is 1. The molecule has 0 spiro atoms. The molecule has 1 heterocycles. The fraction of sp³-hybridized carbons (Fsp3) is 0.400. The monoisotopic (exact) mass is 260 g/mol. The van der Waals surface area contributed by atoms with Crippen LogP contribution < -0.4 is 5.73 Å². The molecule has 1 aromatic heterocycles. The van der Waals surface area contributed by atoms with E-state index in [4.69, 9.17) is 5.73 Å². The summed E-state index contributed by atoms with van der Waals surface area (Å²) in [5.74, 6) is 0.420. The maximum absolute atomic E-state index is 6.14. The molecule has 0 saturated carbocycles. The van der Waals surface area contributed by atoms with Crippen LogP contribution in [0.4, 0.5) is 0 Å². The van der Waals surface area contributed by atoms with Crippen LogP contribution in [0.2, 0.25) is 0 Å². The average Bonchev–Trinajstić information content (AvgIpc) is 2.77. The first-order valence-electron chi connectivity index (χ1n) is 6.27. The lowest BCUT2D eigenvalue weighted by molar-refractivity contribution is 0.512. The molecule has 2 rings (SSSR count). The zero-order valence-electron chi connectivity index (χ0n) is 11.4. The highest BCUT2D eigenvalue weighted by Gasteiger charge is 2.15. The van der Waals surface area contributed by atoms with Gasteiger partial charge in [-0.15, -0.1) is 11.3 Å². The average molecular weight is 260 g/mol. The van der Waals surface area contributed by atoms with Crippen molar-refractivity contribution in [1.29, 1.82) is 0 Å². The van der Waals surface area contributed by atoms with Gasteiger partial charge >= 0.3 is 0 Å². The molecule has 1 unspecified atom stereocenters. The Kier molecular flexibility index (Phi) is 3.83. The molecule has 3 heteroatoms. The lowest BCUT2D eigenvalue weighted by Gasteiger charge is -2.11. The fourth-order valence-electron chi connectivity index (χ4n) is 1.95. The Balaban J connectivity index is 2.35. The van der Waals surface area contributed by atoms with Crippen LogP contribution in [0.15, 0.2) is 23.6 Å². The molecule has 0 fully saturated rings. The van der Waals surface area contributed by atoms with Crippen molar-refractivity contribution in [2.45, 2.75) is 33.7 Å². The maximum Gasteiger partial charge on any atom is 0.110 e. The molecule has 0 aliphatic carbocycles. The summed E-state index contributed by atoms with van der Waals surface area (Å²) in [5, 5.41) is 3.13. The molecular formula is C15H20N2S. The quantitative estimate of drug-likeness (QED) is 0.903. The number of aryl methyl sites for hydroxylation is 2. The molecule has 1 atom stereocenters. The highest BCUT2D eigenvalue weighted by Crippen LogP contribution is 2.29. The van der Waals surface area contributed by atoms with Crippen molar-refractivity contribution >= 4 is 11.3 Å². The second kappa shape index (κ2) is 5.21. The third kappa shape index (κ3) is 2.62. The van der Waals surface area contributed by atoms with Crippen LogP contribution in [0.1, 0.15) is 36.0 Å². The minimum atomic E-state index is 0.0366. The van der Waals surface area contributed by atoms with E-state index in [-0.39, 0.29) is 6.04 Å².